The highest BCUT2D eigenvalue weighted by molar-refractivity contribution is 7.15. The Morgan fingerprint density at radius 2 is 2.06 bits per heavy atom. The van der Waals surface area contributed by atoms with Gasteiger partial charge in [-0.05, 0) is 13.3 Å². The number of anilines is 1. The molecule has 0 aliphatic rings. The van der Waals surface area contributed by atoms with Crippen LogP contribution in [0.1, 0.15) is 17.0 Å². The number of aryl methyl sites for hydroxylation is 2. The third-order valence-electron chi connectivity index (χ3n) is 1.94. The van der Waals surface area contributed by atoms with Crippen LogP contribution in [0, 0.1) is 6.92 Å². The van der Waals surface area contributed by atoms with E-state index in [9.17, 15) is 22.8 Å². The Hall–Kier alpha value is -1.64. The van der Waals surface area contributed by atoms with Gasteiger partial charge in [0.2, 0.25) is 0 Å². The van der Waals surface area contributed by atoms with Gasteiger partial charge in [-0.3, -0.25) is 14.9 Å². The summed E-state index contributed by atoms with van der Waals surface area (Å²) in [5.74, 6) is -3.11. The molecule has 18 heavy (non-hydrogen) atoms. The zero-order valence-corrected chi connectivity index (χ0v) is 9.98. The number of aliphatic carboxylic acids is 1. The second-order valence-electron chi connectivity index (χ2n) is 3.37. The van der Waals surface area contributed by atoms with Crippen molar-refractivity contribution in [2.24, 2.45) is 0 Å². The first kappa shape index (κ1) is 14.4. The number of carboxylic acids is 1. The molecule has 1 heterocycles. The van der Waals surface area contributed by atoms with Gasteiger partial charge in [0, 0.05) is 4.88 Å². The Morgan fingerprint density at radius 3 is 2.56 bits per heavy atom. The smallest absolute Gasteiger partial charge is 0.471 e. The lowest BCUT2D eigenvalue weighted by Crippen LogP contribution is -2.29. The summed E-state index contributed by atoms with van der Waals surface area (Å²) in [6, 6.07) is 0. The molecule has 0 aliphatic heterocycles. The third-order valence-corrected chi connectivity index (χ3v) is 3.07. The van der Waals surface area contributed by atoms with Crippen molar-refractivity contribution >= 4 is 28.3 Å². The molecule has 1 amide bonds. The summed E-state index contributed by atoms with van der Waals surface area (Å²) >= 11 is 0.840. The number of alkyl halides is 3. The number of carbonyl (C=O) groups excluding carboxylic acids is 1. The second-order valence-corrected chi connectivity index (χ2v) is 4.46. The number of aromatic nitrogens is 1. The van der Waals surface area contributed by atoms with Crippen molar-refractivity contribution in [2.45, 2.75) is 25.9 Å². The van der Waals surface area contributed by atoms with Crippen LogP contribution in [0.15, 0.2) is 0 Å². The van der Waals surface area contributed by atoms with Crippen molar-refractivity contribution in [3.8, 4) is 0 Å². The van der Waals surface area contributed by atoms with E-state index in [4.69, 9.17) is 5.11 Å². The van der Waals surface area contributed by atoms with Crippen LogP contribution >= 0.6 is 11.3 Å². The highest BCUT2D eigenvalue weighted by Gasteiger charge is 2.39. The van der Waals surface area contributed by atoms with Crippen LogP contribution < -0.4 is 5.32 Å². The highest BCUT2D eigenvalue weighted by atomic mass is 32.1. The predicted octanol–water partition coefficient (Wildman–Crippen LogP) is 1.97. The van der Waals surface area contributed by atoms with Crippen molar-refractivity contribution < 1.29 is 27.9 Å². The van der Waals surface area contributed by atoms with Gasteiger partial charge < -0.3 is 5.11 Å². The summed E-state index contributed by atoms with van der Waals surface area (Å²) < 4.78 is 35.9. The maximum Gasteiger partial charge on any atom is 0.471 e. The molecule has 9 heteroatoms. The van der Waals surface area contributed by atoms with E-state index in [1.807, 2.05) is 0 Å². The zero-order valence-electron chi connectivity index (χ0n) is 9.17. The highest BCUT2D eigenvalue weighted by Crippen LogP contribution is 2.25. The van der Waals surface area contributed by atoms with Crippen LogP contribution in [0.25, 0.3) is 0 Å². The minimum Gasteiger partial charge on any atom is -0.481 e. The van der Waals surface area contributed by atoms with Gasteiger partial charge in [-0.25, -0.2) is 4.98 Å². The van der Waals surface area contributed by atoms with E-state index in [-0.39, 0.29) is 18.0 Å². The van der Waals surface area contributed by atoms with E-state index >= 15 is 0 Å². The van der Waals surface area contributed by atoms with Crippen LogP contribution in [-0.2, 0) is 16.0 Å². The van der Waals surface area contributed by atoms with Crippen LogP contribution in [0.5, 0.6) is 0 Å². The zero-order chi connectivity index (χ0) is 13.9. The lowest BCUT2D eigenvalue weighted by Gasteiger charge is -2.04. The summed E-state index contributed by atoms with van der Waals surface area (Å²) in [7, 11) is 0. The molecule has 1 rings (SSSR count). The van der Waals surface area contributed by atoms with Gasteiger partial charge in [0.25, 0.3) is 0 Å². The SMILES string of the molecule is Cc1nc(NC(=O)C(F)(F)F)sc1CCC(=O)O. The number of thiazole rings is 1. The van der Waals surface area contributed by atoms with Gasteiger partial charge in [-0.1, -0.05) is 0 Å². The number of nitrogens with zero attached hydrogens (tertiary/aromatic N) is 1. The molecule has 0 radical (unpaired) electrons. The molecule has 0 unspecified atom stereocenters. The molecule has 0 spiro atoms. The van der Waals surface area contributed by atoms with Gasteiger partial charge in [-0.15, -0.1) is 11.3 Å². The van der Waals surface area contributed by atoms with Crippen molar-refractivity contribution in [1.29, 1.82) is 0 Å². The van der Waals surface area contributed by atoms with Gasteiger partial charge in [-0.2, -0.15) is 13.2 Å². The van der Waals surface area contributed by atoms with Gasteiger partial charge in [0.15, 0.2) is 5.13 Å². The topological polar surface area (TPSA) is 79.3 Å². The lowest BCUT2D eigenvalue weighted by molar-refractivity contribution is -0.167. The molecule has 1 aromatic rings. The van der Waals surface area contributed by atoms with Gasteiger partial charge in [0.05, 0.1) is 12.1 Å². The van der Waals surface area contributed by atoms with E-state index in [1.165, 1.54) is 6.92 Å². The summed E-state index contributed by atoms with van der Waals surface area (Å²) in [6.07, 6.45) is -4.95. The summed E-state index contributed by atoms with van der Waals surface area (Å²) in [6.45, 7) is 1.54. The second kappa shape index (κ2) is 5.34. The molecular formula is C9H9F3N2O3S. The Kier molecular flexibility index (Phi) is 4.28. The minimum absolute atomic E-state index is 0.143. The molecule has 0 fully saturated rings. The van der Waals surface area contributed by atoms with Crippen LogP contribution in [-0.4, -0.2) is 28.1 Å². The van der Waals surface area contributed by atoms with Crippen molar-refractivity contribution in [1.82, 2.24) is 4.98 Å². The Balaban J connectivity index is 2.72. The third kappa shape index (κ3) is 3.99. The molecule has 0 atom stereocenters. The molecule has 0 saturated heterocycles. The number of nitrogens with one attached hydrogen (secondary N) is 1. The summed E-state index contributed by atoms with van der Waals surface area (Å²) in [5.41, 5.74) is 0.415. The average Bonchev–Trinajstić information content (AvgIpc) is 2.54. The summed E-state index contributed by atoms with van der Waals surface area (Å²) in [4.78, 5) is 25.3. The fourth-order valence-electron chi connectivity index (χ4n) is 1.10. The maximum absolute atomic E-state index is 12.0. The van der Waals surface area contributed by atoms with E-state index in [1.54, 1.807) is 5.32 Å². The molecule has 5 nitrogen and oxygen atoms in total. The standard InChI is InChI=1S/C9H9F3N2O3S/c1-4-5(2-3-6(15)16)18-8(13-4)14-7(17)9(10,11)12/h2-3H2,1H3,(H,15,16)(H,13,14,17). The molecule has 0 saturated carbocycles. The quantitative estimate of drug-likeness (QED) is 0.884. The van der Waals surface area contributed by atoms with Crippen molar-refractivity contribution in [3.05, 3.63) is 10.6 Å². The lowest BCUT2D eigenvalue weighted by atomic mass is 10.2. The number of hydrogen-bond donors (Lipinski definition) is 2. The molecule has 0 bridgehead atoms. The molecule has 100 valence electrons. The number of halogens is 3. The first-order chi connectivity index (χ1) is 8.20. The molecule has 0 aliphatic carbocycles. The predicted molar refractivity (Wildman–Crippen MR) is 57.5 cm³/mol. The van der Waals surface area contributed by atoms with Crippen molar-refractivity contribution in [2.75, 3.05) is 5.32 Å². The van der Waals surface area contributed by atoms with Gasteiger partial charge in [0.1, 0.15) is 0 Å². The average molecular weight is 282 g/mol. The fourth-order valence-corrected chi connectivity index (χ4v) is 2.06. The van der Waals surface area contributed by atoms with E-state index in [0.717, 1.165) is 11.3 Å². The fraction of sp³-hybridized carbons (Fsp3) is 0.444. The van der Waals surface area contributed by atoms with E-state index in [2.05, 4.69) is 4.98 Å². The Bertz CT molecular complexity index is 470. The van der Waals surface area contributed by atoms with Gasteiger partial charge >= 0.3 is 18.1 Å². The number of carbonyl (C=O) groups is 2. The largest absolute Gasteiger partial charge is 0.481 e. The number of rotatable bonds is 4. The van der Waals surface area contributed by atoms with Crippen LogP contribution in [0.2, 0.25) is 0 Å². The first-order valence-electron chi connectivity index (χ1n) is 4.76. The summed E-state index contributed by atoms with van der Waals surface area (Å²) in [5, 5.41) is 9.93. The Labute approximate surface area is 104 Å². The monoisotopic (exact) mass is 282 g/mol. The van der Waals surface area contributed by atoms with Crippen LogP contribution in [0.4, 0.5) is 18.3 Å². The van der Waals surface area contributed by atoms with E-state index < -0.39 is 18.1 Å². The number of amides is 1. The molecular weight excluding hydrogens is 273 g/mol. The van der Waals surface area contributed by atoms with Crippen LogP contribution in [0.3, 0.4) is 0 Å². The van der Waals surface area contributed by atoms with Crippen molar-refractivity contribution in [3.63, 3.8) is 0 Å². The Morgan fingerprint density at radius 1 is 1.44 bits per heavy atom. The first-order valence-corrected chi connectivity index (χ1v) is 5.58. The maximum atomic E-state index is 12.0. The normalized spacial score (nSPS) is 11.3. The minimum atomic E-state index is -4.97. The molecule has 1 aromatic heterocycles. The molecule has 2 N–H and O–H groups in total. The molecule has 0 aromatic carbocycles. The van der Waals surface area contributed by atoms with E-state index in [0.29, 0.717) is 10.6 Å². The number of carboxylic acid groups (broad SMARTS) is 1. The number of hydrogen-bond acceptors (Lipinski definition) is 4.